The number of rotatable bonds is 1. The Kier molecular flexibility index (Phi) is 2.36. The first-order valence-corrected chi connectivity index (χ1v) is 4.60. The van der Waals surface area contributed by atoms with Gasteiger partial charge in [-0.1, -0.05) is 0 Å². The van der Waals surface area contributed by atoms with Gasteiger partial charge in [0.1, 0.15) is 22.4 Å². The van der Waals surface area contributed by atoms with E-state index in [-0.39, 0.29) is 0 Å². The van der Waals surface area contributed by atoms with Crippen LogP contribution in [0.25, 0.3) is 11.4 Å². The summed E-state index contributed by atoms with van der Waals surface area (Å²) in [7, 11) is 0. The van der Waals surface area contributed by atoms with Crippen LogP contribution in [0.2, 0.25) is 0 Å². The molecule has 0 aliphatic rings. The highest BCUT2D eigenvalue weighted by Gasteiger charge is 2.01. The summed E-state index contributed by atoms with van der Waals surface area (Å²) in [5.41, 5.74) is 6.80. The molecule has 70 valence electrons. The quantitative estimate of drug-likeness (QED) is 0.773. The van der Waals surface area contributed by atoms with Crippen molar-refractivity contribution in [3.05, 3.63) is 29.4 Å². The average Bonchev–Trinajstić information content (AvgIpc) is 2.19. The largest absolute Gasteiger partial charge is 0.382 e. The van der Waals surface area contributed by atoms with Gasteiger partial charge in [-0.25, -0.2) is 19.9 Å². The smallest absolute Gasteiger partial charge is 0.141 e. The van der Waals surface area contributed by atoms with Gasteiger partial charge in [0.2, 0.25) is 0 Å². The molecule has 0 aliphatic heterocycles. The van der Waals surface area contributed by atoms with Gasteiger partial charge in [0.15, 0.2) is 0 Å². The van der Waals surface area contributed by atoms with Crippen LogP contribution >= 0.6 is 15.9 Å². The molecule has 0 aliphatic carbocycles. The third kappa shape index (κ3) is 1.85. The van der Waals surface area contributed by atoms with E-state index in [1.807, 2.05) is 0 Å². The number of hydrogen-bond acceptors (Lipinski definition) is 5. The molecule has 0 fully saturated rings. The van der Waals surface area contributed by atoms with Crippen molar-refractivity contribution in [2.24, 2.45) is 0 Å². The lowest BCUT2D eigenvalue weighted by atomic mass is 10.3. The molecule has 0 aromatic carbocycles. The Labute approximate surface area is 88.6 Å². The number of hydrogen-bond donors (Lipinski definition) is 1. The molecule has 0 saturated carbocycles. The lowest BCUT2D eigenvalue weighted by molar-refractivity contribution is 1.11. The highest BCUT2D eigenvalue weighted by atomic mass is 79.9. The fraction of sp³-hybridized carbons (Fsp3) is 0. The van der Waals surface area contributed by atoms with Gasteiger partial charge in [0.25, 0.3) is 0 Å². The average molecular weight is 252 g/mol. The van der Waals surface area contributed by atoms with Crippen LogP contribution in [0.4, 0.5) is 5.82 Å². The third-order valence-electron chi connectivity index (χ3n) is 1.57. The SMILES string of the molecule is Nc1cnc(-c2cc(Br)ncn2)cn1. The van der Waals surface area contributed by atoms with Gasteiger partial charge in [-0.05, 0) is 22.0 Å². The third-order valence-corrected chi connectivity index (χ3v) is 2.00. The first kappa shape index (κ1) is 9.01. The molecule has 0 radical (unpaired) electrons. The molecule has 2 aromatic heterocycles. The van der Waals surface area contributed by atoms with Gasteiger partial charge < -0.3 is 5.73 Å². The lowest BCUT2D eigenvalue weighted by Crippen LogP contribution is -1.94. The molecule has 0 bridgehead atoms. The van der Waals surface area contributed by atoms with E-state index >= 15 is 0 Å². The Balaban J connectivity index is 2.44. The van der Waals surface area contributed by atoms with Crippen molar-refractivity contribution in [3.8, 4) is 11.4 Å². The molecule has 0 spiro atoms. The fourth-order valence-electron chi connectivity index (χ4n) is 0.944. The van der Waals surface area contributed by atoms with E-state index in [4.69, 9.17) is 5.73 Å². The molecule has 0 amide bonds. The van der Waals surface area contributed by atoms with Crippen molar-refractivity contribution in [1.29, 1.82) is 0 Å². The number of aromatic nitrogens is 4. The summed E-state index contributed by atoms with van der Waals surface area (Å²) in [5.74, 6) is 0.391. The summed E-state index contributed by atoms with van der Waals surface area (Å²) >= 11 is 3.25. The Bertz CT molecular complexity index is 442. The van der Waals surface area contributed by atoms with Gasteiger partial charge in [0.05, 0.1) is 18.1 Å². The van der Waals surface area contributed by atoms with Crippen molar-refractivity contribution >= 4 is 21.7 Å². The summed E-state index contributed by atoms with van der Waals surface area (Å²) in [6.07, 6.45) is 4.52. The second-order valence-corrected chi connectivity index (χ2v) is 3.36. The van der Waals surface area contributed by atoms with Crippen molar-refractivity contribution in [2.45, 2.75) is 0 Å². The minimum Gasteiger partial charge on any atom is -0.382 e. The van der Waals surface area contributed by atoms with E-state index in [0.717, 1.165) is 0 Å². The Hall–Kier alpha value is -1.56. The molecule has 2 aromatic rings. The summed E-state index contributed by atoms with van der Waals surface area (Å²) in [5, 5.41) is 0. The van der Waals surface area contributed by atoms with Crippen LogP contribution in [0, 0.1) is 0 Å². The van der Waals surface area contributed by atoms with Gasteiger partial charge in [-0.3, -0.25) is 0 Å². The number of nitrogens with two attached hydrogens (primary N) is 1. The monoisotopic (exact) mass is 251 g/mol. The van der Waals surface area contributed by atoms with Crippen LogP contribution in [0.3, 0.4) is 0 Å². The van der Waals surface area contributed by atoms with E-state index in [0.29, 0.717) is 21.8 Å². The highest BCUT2D eigenvalue weighted by Crippen LogP contribution is 2.15. The van der Waals surface area contributed by atoms with Crippen LogP contribution in [-0.2, 0) is 0 Å². The summed E-state index contributed by atoms with van der Waals surface area (Å²) in [4.78, 5) is 16.0. The summed E-state index contributed by atoms with van der Waals surface area (Å²) in [6.45, 7) is 0. The first-order chi connectivity index (χ1) is 6.75. The molecule has 5 nitrogen and oxygen atoms in total. The molecule has 0 saturated heterocycles. The van der Waals surface area contributed by atoms with Gasteiger partial charge in [0, 0.05) is 0 Å². The van der Waals surface area contributed by atoms with Gasteiger partial charge in [-0.2, -0.15) is 0 Å². The second kappa shape index (κ2) is 3.67. The molecule has 2 rings (SSSR count). The van der Waals surface area contributed by atoms with Gasteiger partial charge >= 0.3 is 0 Å². The molecule has 0 atom stereocenters. The molecule has 2 N–H and O–H groups in total. The molecular formula is C8H6BrN5. The maximum atomic E-state index is 5.42. The Morgan fingerprint density at radius 3 is 2.50 bits per heavy atom. The standard InChI is InChI=1S/C8H6BrN5/c9-7-1-5(13-4-14-7)6-2-12-8(10)3-11-6/h1-4H,(H2,10,12). The van der Waals surface area contributed by atoms with Crippen LogP contribution < -0.4 is 5.73 Å². The van der Waals surface area contributed by atoms with Crippen molar-refractivity contribution in [1.82, 2.24) is 19.9 Å². The van der Waals surface area contributed by atoms with Crippen LogP contribution in [-0.4, -0.2) is 19.9 Å². The second-order valence-electron chi connectivity index (χ2n) is 2.55. The zero-order valence-electron chi connectivity index (χ0n) is 7.05. The van der Waals surface area contributed by atoms with Crippen molar-refractivity contribution in [2.75, 3.05) is 5.73 Å². The zero-order valence-corrected chi connectivity index (χ0v) is 8.64. The van der Waals surface area contributed by atoms with Crippen molar-refractivity contribution in [3.63, 3.8) is 0 Å². The molecule has 2 heterocycles. The van der Waals surface area contributed by atoms with E-state index < -0.39 is 0 Å². The maximum absolute atomic E-state index is 5.42. The van der Waals surface area contributed by atoms with E-state index in [1.54, 1.807) is 12.3 Å². The first-order valence-electron chi connectivity index (χ1n) is 3.81. The number of halogens is 1. The zero-order chi connectivity index (χ0) is 9.97. The summed E-state index contributed by atoms with van der Waals surface area (Å²) in [6, 6.07) is 1.76. The predicted octanol–water partition coefficient (Wildman–Crippen LogP) is 1.28. The Morgan fingerprint density at radius 1 is 1.00 bits per heavy atom. The van der Waals surface area contributed by atoms with Crippen LogP contribution in [0.1, 0.15) is 0 Å². The fourth-order valence-corrected chi connectivity index (χ4v) is 1.25. The minimum absolute atomic E-state index is 0.391. The predicted molar refractivity (Wildman–Crippen MR) is 55.2 cm³/mol. The number of nitrogens with zero attached hydrogens (tertiary/aromatic N) is 4. The molecule has 14 heavy (non-hydrogen) atoms. The topological polar surface area (TPSA) is 77.6 Å². The number of anilines is 1. The number of nitrogen functional groups attached to an aromatic ring is 1. The van der Waals surface area contributed by atoms with Crippen LogP contribution in [0.15, 0.2) is 29.4 Å². The van der Waals surface area contributed by atoms with E-state index in [9.17, 15) is 0 Å². The van der Waals surface area contributed by atoms with Crippen LogP contribution in [0.5, 0.6) is 0 Å². The lowest BCUT2D eigenvalue weighted by Gasteiger charge is -1.98. The highest BCUT2D eigenvalue weighted by molar-refractivity contribution is 9.10. The summed E-state index contributed by atoms with van der Waals surface area (Å²) < 4.78 is 0.709. The Morgan fingerprint density at radius 2 is 1.86 bits per heavy atom. The molecule has 6 heteroatoms. The minimum atomic E-state index is 0.391. The van der Waals surface area contributed by atoms with E-state index in [1.165, 1.54) is 12.5 Å². The molecule has 0 unspecified atom stereocenters. The van der Waals surface area contributed by atoms with Crippen molar-refractivity contribution < 1.29 is 0 Å². The van der Waals surface area contributed by atoms with E-state index in [2.05, 4.69) is 35.9 Å². The maximum Gasteiger partial charge on any atom is 0.141 e. The normalized spacial score (nSPS) is 10.1. The van der Waals surface area contributed by atoms with Gasteiger partial charge in [-0.15, -0.1) is 0 Å². The molecular weight excluding hydrogens is 246 g/mol.